The maximum atomic E-state index is 11.3. The van der Waals surface area contributed by atoms with Gasteiger partial charge in [0.05, 0.1) is 4.92 Å². The Morgan fingerprint density at radius 2 is 1.75 bits per heavy atom. The fourth-order valence-electron chi connectivity index (χ4n) is 2.14. The Hall–Kier alpha value is -3.02. The molecule has 6 nitrogen and oxygen atoms in total. The van der Waals surface area contributed by atoms with Crippen molar-refractivity contribution in [1.29, 1.82) is 0 Å². The Kier molecular flexibility index (Phi) is 5.42. The van der Waals surface area contributed by atoms with E-state index in [2.05, 4.69) is 0 Å². The molecule has 2 aromatic rings. The molecule has 0 amide bonds. The van der Waals surface area contributed by atoms with Crippen LogP contribution in [0.1, 0.15) is 36.2 Å². The highest BCUT2D eigenvalue weighted by molar-refractivity contribution is 5.95. The average molecular weight is 327 g/mol. The predicted octanol–water partition coefficient (Wildman–Crippen LogP) is 4.11. The molecule has 0 saturated carbocycles. The van der Waals surface area contributed by atoms with Crippen LogP contribution in [0.2, 0.25) is 0 Å². The van der Waals surface area contributed by atoms with Crippen LogP contribution in [0.15, 0.2) is 42.5 Å². The van der Waals surface area contributed by atoms with E-state index in [0.717, 1.165) is 5.56 Å². The zero-order valence-electron chi connectivity index (χ0n) is 13.4. The molecule has 0 saturated heterocycles. The fraction of sp³-hybridized carbons (Fsp3) is 0.222. The number of nitrogens with zero attached hydrogens (tertiary/aromatic N) is 1. The first-order valence-corrected chi connectivity index (χ1v) is 7.42. The summed E-state index contributed by atoms with van der Waals surface area (Å²) >= 11 is 0. The second-order valence-corrected chi connectivity index (χ2v) is 5.44. The van der Waals surface area contributed by atoms with Crippen LogP contribution in [0.25, 0.3) is 0 Å². The third-order valence-electron chi connectivity index (χ3n) is 3.48. The highest BCUT2D eigenvalue weighted by atomic mass is 16.6. The Morgan fingerprint density at radius 3 is 2.29 bits per heavy atom. The van der Waals surface area contributed by atoms with E-state index in [1.54, 1.807) is 19.1 Å². The number of nitro benzene ring substituents is 1. The van der Waals surface area contributed by atoms with Crippen molar-refractivity contribution in [1.82, 2.24) is 0 Å². The van der Waals surface area contributed by atoms with Crippen LogP contribution >= 0.6 is 0 Å². The van der Waals surface area contributed by atoms with Crippen LogP contribution in [-0.2, 0) is 11.2 Å². The van der Waals surface area contributed by atoms with Crippen LogP contribution in [0.3, 0.4) is 0 Å². The van der Waals surface area contributed by atoms with Crippen LogP contribution < -0.4 is 4.74 Å². The lowest BCUT2D eigenvalue weighted by Gasteiger charge is -2.08. The van der Waals surface area contributed by atoms with E-state index in [0.29, 0.717) is 18.6 Å². The number of aryl methyl sites for hydroxylation is 1. The van der Waals surface area contributed by atoms with Gasteiger partial charge in [-0.05, 0) is 50.1 Å². The van der Waals surface area contributed by atoms with E-state index in [4.69, 9.17) is 4.74 Å². The lowest BCUT2D eigenvalue weighted by atomic mass is 10.1. The van der Waals surface area contributed by atoms with Gasteiger partial charge in [-0.2, -0.15) is 0 Å². The van der Waals surface area contributed by atoms with Crippen molar-refractivity contribution in [3.05, 3.63) is 63.7 Å². The molecule has 0 aromatic heterocycles. The number of benzene rings is 2. The van der Waals surface area contributed by atoms with E-state index in [-0.39, 0.29) is 28.6 Å². The Labute approximate surface area is 139 Å². The molecule has 0 aliphatic heterocycles. The lowest BCUT2D eigenvalue weighted by molar-refractivity contribution is -0.385. The number of nitro groups is 1. The molecule has 24 heavy (non-hydrogen) atoms. The quantitative estimate of drug-likeness (QED) is 0.434. The number of Topliss-reactive ketones (excluding diaryl/α,β-unsaturated/α-hetero) is 2. The fourth-order valence-corrected chi connectivity index (χ4v) is 2.14. The molecule has 2 rings (SSSR count). The van der Waals surface area contributed by atoms with Gasteiger partial charge in [-0.3, -0.25) is 14.9 Å². The van der Waals surface area contributed by atoms with E-state index < -0.39 is 4.92 Å². The van der Waals surface area contributed by atoms with Gasteiger partial charge in [0, 0.05) is 18.1 Å². The Morgan fingerprint density at radius 1 is 1.08 bits per heavy atom. The zero-order valence-corrected chi connectivity index (χ0v) is 13.4. The number of carbonyl (C=O) groups is 2. The number of ether oxygens (including phenoxy) is 1. The lowest BCUT2D eigenvalue weighted by Crippen LogP contribution is -1.98. The van der Waals surface area contributed by atoms with E-state index >= 15 is 0 Å². The Balaban J connectivity index is 2.19. The van der Waals surface area contributed by atoms with Crippen molar-refractivity contribution in [2.45, 2.75) is 26.7 Å². The van der Waals surface area contributed by atoms with Gasteiger partial charge in [0.1, 0.15) is 11.5 Å². The minimum absolute atomic E-state index is 0.0708. The number of carbonyl (C=O) groups excluding carboxylic acids is 2. The van der Waals surface area contributed by atoms with Crippen molar-refractivity contribution < 1.29 is 19.2 Å². The summed E-state index contributed by atoms with van der Waals surface area (Å²) in [4.78, 5) is 32.9. The number of ketones is 2. The first kappa shape index (κ1) is 17.3. The molecular formula is C18H17NO5. The van der Waals surface area contributed by atoms with Gasteiger partial charge < -0.3 is 9.53 Å². The standard InChI is InChI=1S/C18H17NO5/c1-12(20)3-4-14-5-8-16(9-6-14)24-18-10-7-15(13(2)21)11-17(18)19(22)23/h5-11H,3-4H2,1-2H3. The molecule has 0 aliphatic carbocycles. The van der Waals surface area contributed by atoms with Gasteiger partial charge in [0.2, 0.25) is 5.75 Å². The van der Waals surface area contributed by atoms with Gasteiger partial charge >= 0.3 is 5.69 Å². The summed E-state index contributed by atoms with van der Waals surface area (Å²) in [6.07, 6.45) is 1.11. The summed E-state index contributed by atoms with van der Waals surface area (Å²) in [5.41, 5.74) is 0.982. The highest BCUT2D eigenvalue weighted by Crippen LogP contribution is 2.32. The molecule has 0 heterocycles. The largest absolute Gasteiger partial charge is 0.450 e. The molecule has 0 bridgehead atoms. The number of hydrogen-bond acceptors (Lipinski definition) is 5. The highest BCUT2D eigenvalue weighted by Gasteiger charge is 2.18. The summed E-state index contributed by atoms with van der Waals surface area (Å²) in [6, 6.07) is 11.1. The van der Waals surface area contributed by atoms with Crippen LogP contribution in [0.4, 0.5) is 5.69 Å². The van der Waals surface area contributed by atoms with Crippen LogP contribution in [-0.4, -0.2) is 16.5 Å². The van der Waals surface area contributed by atoms with Gasteiger partial charge in [-0.1, -0.05) is 12.1 Å². The van der Waals surface area contributed by atoms with E-state index in [1.165, 1.54) is 25.1 Å². The summed E-state index contributed by atoms with van der Waals surface area (Å²) in [6.45, 7) is 2.89. The Bertz CT molecular complexity index is 780. The summed E-state index contributed by atoms with van der Waals surface area (Å²) in [5, 5.41) is 11.2. The molecule has 0 atom stereocenters. The van der Waals surface area contributed by atoms with Gasteiger partial charge in [-0.25, -0.2) is 0 Å². The summed E-state index contributed by atoms with van der Waals surface area (Å²) in [7, 11) is 0. The van der Waals surface area contributed by atoms with Gasteiger partial charge in [0.15, 0.2) is 5.78 Å². The van der Waals surface area contributed by atoms with Crippen molar-refractivity contribution in [3.8, 4) is 11.5 Å². The normalized spacial score (nSPS) is 10.2. The summed E-state index contributed by atoms with van der Waals surface area (Å²) in [5.74, 6) is 0.387. The molecule has 0 N–H and O–H groups in total. The molecule has 0 radical (unpaired) electrons. The van der Waals surface area contributed by atoms with Crippen LogP contribution in [0, 0.1) is 10.1 Å². The minimum atomic E-state index is -0.580. The molecule has 0 fully saturated rings. The molecule has 124 valence electrons. The zero-order chi connectivity index (χ0) is 17.7. The van der Waals surface area contributed by atoms with Gasteiger partial charge in [0.25, 0.3) is 0 Å². The molecule has 0 aliphatic rings. The maximum Gasteiger partial charge on any atom is 0.312 e. The van der Waals surface area contributed by atoms with Crippen molar-refractivity contribution in [2.75, 3.05) is 0 Å². The SMILES string of the molecule is CC(=O)CCc1ccc(Oc2ccc(C(C)=O)cc2[N+](=O)[O-])cc1. The molecule has 0 spiro atoms. The second-order valence-electron chi connectivity index (χ2n) is 5.44. The monoisotopic (exact) mass is 327 g/mol. The third-order valence-corrected chi connectivity index (χ3v) is 3.48. The second kappa shape index (κ2) is 7.50. The van der Waals surface area contributed by atoms with Crippen LogP contribution in [0.5, 0.6) is 11.5 Å². The first-order chi connectivity index (χ1) is 11.4. The van der Waals surface area contributed by atoms with E-state index in [9.17, 15) is 19.7 Å². The smallest absolute Gasteiger partial charge is 0.312 e. The van der Waals surface area contributed by atoms with Crippen molar-refractivity contribution >= 4 is 17.3 Å². The summed E-state index contributed by atoms with van der Waals surface area (Å²) < 4.78 is 5.57. The molecule has 6 heteroatoms. The molecular weight excluding hydrogens is 310 g/mol. The third kappa shape index (κ3) is 4.49. The predicted molar refractivity (Wildman–Crippen MR) is 88.6 cm³/mol. The topological polar surface area (TPSA) is 86.5 Å². The van der Waals surface area contributed by atoms with Gasteiger partial charge in [-0.15, -0.1) is 0 Å². The van der Waals surface area contributed by atoms with Crippen molar-refractivity contribution in [2.24, 2.45) is 0 Å². The average Bonchev–Trinajstić information content (AvgIpc) is 2.54. The number of rotatable bonds is 7. The minimum Gasteiger partial charge on any atom is -0.450 e. The first-order valence-electron chi connectivity index (χ1n) is 7.42. The maximum absolute atomic E-state index is 11.3. The van der Waals surface area contributed by atoms with E-state index in [1.807, 2.05) is 12.1 Å². The molecule has 2 aromatic carbocycles. The van der Waals surface area contributed by atoms with Crippen molar-refractivity contribution in [3.63, 3.8) is 0 Å². The molecule has 0 unspecified atom stereocenters. The number of hydrogen-bond donors (Lipinski definition) is 0.